The molecule has 7 atom stereocenters. The van der Waals surface area contributed by atoms with Crippen molar-refractivity contribution in [2.24, 2.45) is 23.7 Å². The molecule has 0 aliphatic heterocycles. The molecule has 32 heavy (non-hydrogen) atoms. The van der Waals surface area contributed by atoms with Gasteiger partial charge in [0, 0.05) is 17.0 Å². The summed E-state index contributed by atoms with van der Waals surface area (Å²) < 4.78 is 9.03. The lowest BCUT2D eigenvalue weighted by atomic mass is 9.70. The van der Waals surface area contributed by atoms with Gasteiger partial charge in [0.1, 0.15) is 0 Å². The van der Waals surface area contributed by atoms with Crippen LogP contribution in [0.15, 0.2) is 60.7 Å². The van der Waals surface area contributed by atoms with Crippen LogP contribution in [0.4, 0.5) is 0 Å². The molecule has 2 aromatic carbocycles. The molecule has 3 fully saturated rings. The molecule has 3 nitrogen and oxygen atoms in total. The van der Waals surface area contributed by atoms with Crippen LogP contribution in [0.2, 0.25) is 0 Å². The van der Waals surface area contributed by atoms with Crippen molar-refractivity contribution in [1.29, 1.82) is 0 Å². The smallest absolute Gasteiger partial charge is 0.0965 e. The van der Waals surface area contributed by atoms with Crippen molar-refractivity contribution in [3.05, 3.63) is 71.9 Å². The molecule has 0 amide bonds. The van der Waals surface area contributed by atoms with Gasteiger partial charge >= 0.3 is 0 Å². The highest BCUT2D eigenvalue weighted by atomic mass is 16.5. The summed E-state index contributed by atoms with van der Waals surface area (Å²) in [4.78, 5) is 0. The summed E-state index contributed by atoms with van der Waals surface area (Å²) in [6.45, 7) is 6.68. The number of rotatable bonds is 3. The number of ether oxygens (including phenoxy) is 1. The van der Waals surface area contributed by atoms with E-state index in [1.165, 1.54) is 41.9 Å². The number of hydrogen-bond acceptors (Lipinski definition) is 2. The van der Waals surface area contributed by atoms with E-state index in [-0.39, 0.29) is 5.60 Å². The summed E-state index contributed by atoms with van der Waals surface area (Å²) in [5, 5.41) is 5.27. The Balaban J connectivity index is 1.38. The molecule has 3 saturated carbocycles. The van der Waals surface area contributed by atoms with Crippen LogP contribution in [0.5, 0.6) is 0 Å². The van der Waals surface area contributed by atoms with Gasteiger partial charge in [0.05, 0.1) is 28.8 Å². The Bertz CT molecular complexity index is 1080. The Morgan fingerprint density at radius 2 is 1.47 bits per heavy atom. The molecule has 0 saturated heterocycles. The van der Waals surface area contributed by atoms with Gasteiger partial charge in [0.25, 0.3) is 0 Å². The largest absolute Gasteiger partial charge is 0.372 e. The van der Waals surface area contributed by atoms with E-state index >= 15 is 0 Å². The summed E-state index contributed by atoms with van der Waals surface area (Å²) in [5.41, 5.74) is 6.66. The maximum absolute atomic E-state index is 6.73. The molecule has 0 N–H and O–H groups in total. The molecule has 164 valence electrons. The second kappa shape index (κ2) is 6.57. The first-order valence-electron chi connectivity index (χ1n) is 12.4. The van der Waals surface area contributed by atoms with Gasteiger partial charge in [0.15, 0.2) is 0 Å². The van der Waals surface area contributed by atoms with Gasteiger partial charge in [0.2, 0.25) is 0 Å². The van der Waals surface area contributed by atoms with Gasteiger partial charge in [-0.15, -0.1) is 0 Å². The molecule has 0 radical (unpaired) electrons. The zero-order chi connectivity index (χ0) is 21.6. The van der Waals surface area contributed by atoms with Crippen LogP contribution < -0.4 is 0 Å². The van der Waals surface area contributed by atoms with E-state index in [0.29, 0.717) is 23.9 Å². The van der Waals surface area contributed by atoms with Crippen LogP contribution in [-0.4, -0.2) is 21.5 Å². The number of fused-ring (bicyclic) bond motifs is 12. The molecule has 3 aromatic rings. The van der Waals surface area contributed by atoms with E-state index in [2.05, 4.69) is 86.1 Å². The fraction of sp³-hybridized carbons (Fsp3) is 0.483. The predicted molar refractivity (Wildman–Crippen MR) is 127 cm³/mol. The third-order valence-corrected chi connectivity index (χ3v) is 8.77. The monoisotopic (exact) mass is 424 g/mol. The lowest BCUT2D eigenvalue weighted by Gasteiger charge is -2.34. The standard InChI is InChI=1S/C29H32N2O/c1-29(2,3)32-28-19-14-15-20(28)24-22-16-21(23(19)24)25-26(17-10-6-4-7-11-17)30-31(27(22)25)18-12-8-5-9-13-18/h4-13,19-24,28H,14-16H2,1-3H3/t19-,20+,21-,22+,23?,24?,28+/m0/s1. The van der Waals surface area contributed by atoms with E-state index in [9.17, 15) is 0 Å². The molecule has 4 bridgehead atoms. The summed E-state index contributed by atoms with van der Waals surface area (Å²) in [6.07, 6.45) is 4.44. The Morgan fingerprint density at radius 3 is 2.12 bits per heavy atom. The molecule has 1 aromatic heterocycles. The van der Waals surface area contributed by atoms with Gasteiger partial charge < -0.3 is 4.74 Å². The van der Waals surface area contributed by atoms with E-state index in [4.69, 9.17) is 9.84 Å². The van der Waals surface area contributed by atoms with Crippen molar-refractivity contribution in [2.75, 3.05) is 0 Å². The Kier molecular flexibility index (Phi) is 3.92. The molecular weight excluding hydrogens is 392 g/mol. The molecular formula is C29H32N2O. The SMILES string of the molecule is CC(C)(C)O[C@H]1[C@@H]2CC[C@H]1C1C2[C@H]2C[C@@H]1c1c(-c3ccccc3)nn(-c3ccccc3)c12. The quantitative estimate of drug-likeness (QED) is 0.444. The average Bonchev–Trinajstić information content (AvgIpc) is 3.57. The normalized spacial score (nSPS) is 34.2. The second-order valence-corrected chi connectivity index (χ2v) is 11.5. The predicted octanol–water partition coefficient (Wildman–Crippen LogP) is 6.58. The number of para-hydroxylation sites is 1. The maximum atomic E-state index is 6.73. The highest BCUT2D eigenvalue weighted by Gasteiger charge is 2.67. The maximum Gasteiger partial charge on any atom is 0.0965 e. The minimum Gasteiger partial charge on any atom is -0.372 e. The average molecular weight is 425 g/mol. The summed E-state index contributed by atoms with van der Waals surface area (Å²) >= 11 is 0. The number of nitrogens with zero attached hydrogens (tertiary/aromatic N) is 2. The van der Waals surface area contributed by atoms with Crippen molar-refractivity contribution in [3.8, 4) is 16.9 Å². The Morgan fingerprint density at radius 1 is 0.844 bits per heavy atom. The molecule has 4 aliphatic carbocycles. The molecule has 2 unspecified atom stereocenters. The topological polar surface area (TPSA) is 27.1 Å². The van der Waals surface area contributed by atoms with Crippen molar-refractivity contribution in [3.63, 3.8) is 0 Å². The van der Waals surface area contributed by atoms with Crippen LogP contribution in [0.1, 0.15) is 63.1 Å². The van der Waals surface area contributed by atoms with Gasteiger partial charge in [-0.05, 0) is 81.8 Å². The van der Waals surface area contributed by atoms with Crippen LogP contribution >= 0.6 is 0 Å². The van der Waals surface area contributed by atoms with E-state index < -0.39 is 0 Å². The molecule has 3 heteroatoms. The lowest BCUT2D eigenvalue weighted by molar-refractivity contribution is -0.0844. The number of aromatic nitrogens is 2. The van der Waals surface area contributed by atoms with Crippen LogP contribution in [0.25, 0.3) is 16.9 Å². The summed E-state index contributed by atoms with van der Waals surface area (Å²) in [7, 11) is 0. The molecule has 1 heterocycles. The van der Waals surface area contributed by atoms with E-state index in [1.54, 1.807) is 5.56 Å². The fourth-order valence-electron chi connectivity index (χ4n) is 8.07. The third kappa shape index (κ3) is 2.55. The van der Waals surface area contributed by atoms with Crippen molar-refractivity contribution in [2.45, 2.75) is 63.6 Å². The summed E-state index contributed by atoms with van der Waals surface area (Å²) in [5.74, 6) is 4.22. The van der Waals surface area contributed by atoms with Crippen molar-refractivity contribution in [1.82, 2.24) is 9.78 Å². The van der Waals surface area contributed by atoms with E-state index in [1.807, 2.05) is 0 Å². The van der Waals surface area contributed by atoms with Gasteiger partial charge in [-0.2, -0.15) is 5.10 Å². The zero-order valence-corrected chi connectivity index (χ0v) is 19.2. The summed E-state index contributed by atoms with van der Waals surface area (Å²) in [6, 6.07) is 21.6. The fourth-order valence-corrected chi connectivity index (χ4v) is 8.07. The lowest BCUT2D eigenvalue weighted by Crippen LogP contribution is -2.32. The molecule has 0 spiro atoms. The first-order chi connectivity index (χ1) is 15.5. The van der Waals surface area contributed by atoms with Crippen LogP contribution in [-0.2, 0) is 4.74 Å². The van der Waals surface area contributed by atoms with Crippen LogP contribution in [0.3, 0.4) is 0 Å². The van der Waals surface area contributed by atoms with Crippen molar-refractivity contribution < 1.29 is 4.74 Å². The minimum absolute atomic E-state index is 0.0634. The zero-order valence-electron chi connectivity index (χ0n) is 19.2. The van der Waals surface area contributed by atoms with Gasteiger partial charge in [-0.3, -0.25) is 0 Å². The number of hydrogen-bond donors (Lipinski definition) is 0. The Hall–Kier alpha value is -2.39. The molecule has 7 rings (SSSR count). The second-order valence-electron chi connectivity index (χ2n) is 11.5. The first kappa shape index (κ1) is 19.1. The Labute approximate surface area is 190 Å². The molecule has 4 aliphatic rings. The highest BCUT2D eigenvalue weighted by molar-refractivity contribution is 5.69. The van der Waals surface area contributed by atoms with Crippen molar-refractivity contribution >= 4 is 0 Å². The number of benzene rings is 2. The van der Waals surface area contributed by atoms with Crippen LogP contribution in [0, 0.1) is 23.7 Å². The van der Waals surface area contributed by atoms with Gasteiger partial charge in [-0.1, -0.05) is 48.5 Å². The minimum atomic E-state index is -0.0634. The first-order valence-corrected chi connectivity index (χ1v) is 12.4. The highest BCUT2D eigenvalue weighted by Crippen LogP contribution is 2.73. The van der Waals surface area contributed by atoms with Gasteiger partial charge in [-0.25, -0.2) is 4.68 Å². The third-order valence-electron chi connectivity index (χ3n) is 8.77. The van der Waals surface area contributed by atoms with E-state index in [0.717, 1.165) is 17.8 Å².